The standard InChI is InChI=1S/C13H25N3O2S/c1-4-19-12(16-14)10-5-7-11(8-6-10)15-13(17)18-9(2)3/h9-11H,4-8,14H2,1-3H3,(H,15,17)/b16-12-. The van der Waals surface area contributed by atoms with Crippen LogP contribution in [-0.2, 0) is 4.74 Å². The lowest BCUT2D eigenvalue weighted by Gasteiger charge is -2.29. The van der Waals surface area contributed by atoms with Crippen LogP contribution >= 0.6 is 11.8 Å². The molecule has 0 bridgehead atoms. The fourth-order valence-corrected chi connectivity index (χ4v) is 3.15. The first-order valence-electron chi connectivity index (χ1n) is 6.94. The highest BCUT2D eigenvalue weighted by atomic mass is 32.2. The zero-order valence-electron chi connectivity index (χ0n) is 12.0. The Bertz CT molecular complexity index is 313. The third-order valence-electron chi connectivity index (χ3n) is 3.16. The van der Waals surface area contributed by atoms with Gasteiger partial charge in [0.25, 0.3) is 0 Å². The molecule has 1 aliphatic rings. The van der Waals surface area contributed by atoms with E-state index in [1.807, 2.05) is 13.8 Å². The predicted molar refractivity (Wildman–Crippen MR) is 80.3 cm³/mol. The summed E-state index contributed by atoms with van der Waals surface area (Å²) in [6, 6.07) is 0.216. The lowest BCUT2D eigenvalue weighted by Crippen LogP contribution is -2.39. The van der Waals surface area contributed by atoms with Crippen LogP contribution in [0.25, 0.3) is 0 Å². The summed E-state index contributed by atoms with van der Waals surface area (Å²) in [7, 11) is 0. The number of alkyl carbamates (subject to hydrolysis) is 1. The lowest BCUT2D eigenvalue weighted by molar-refractivity contribution is 0.109. The minimum atomic E-state index is -0.311. The van der Waals surface area contributed by atoms with Crippen molar-refractivity contribution < 1.29 is 9.53 Å². The molecule has 0 heterocycles. The summed E-state index contributed by atoms with van der Waals surface area (Å²) in [5, 5.41) is 7.86. The van der Waals surface area contributed by atoms with E-state index in [4.69, 9.17) is 10.6 Å². The van der Waals surface area contributed by atoms with E-state index in [1.165, 1.54) is 0 Å². The smallest absolute Gasteiger partial charge is 0.407 e. The van der Waals surface area contributed by atoms with Crippen molar-refractivity contribution in [1.29, 1.82) is 0 Å². The number of ether oxygens (including phenoxy) is 1. The number of hydrogen-bond donors (Lipinski definition) is 2. The van der Waals surface area contributed by atoms with Crippen LogP contribution in [0.1, 0.15) is 46.5 Å². The SMILES string of the molecule is CCS/C(=N\N)C1CCC(NC(=O)OC(C)C)CC1. The van der Waals surface area contributed by atoms with Crippen molar-refractivity contribution in [2.45, 2.75) is 58.6 Å². The molecule has 110 valence electrons. The third kappa shape index (κ3) is 5.72. The molecule has 0 spiro atoms. The molecular weight excluding hydrogens is 262 g/mol. The number of nitrogens with one attached hydrogen (secondary N) is 1. The Balaban J connectivity index is 2.34. The normalized spacial score (nSPS) is 24.3. The lowest BCUT2D eigenvalue weighted by atomic mass is 9.87. The van der Waals surface area contributed by atoms with Crippen LogP contribution in [-0.4, -0.2) is 29.0 Å². The Morgan fingerprint density at radius 2 is 2.05 bits per heavy atom. The van der Waals surface area contributed by atoms with Gasteiger partial charge in [-0.15, -0.1) is 11.8 Å². The van der Waals surface area contributed by atoms with E-state index in [0.717, 1.165) is 36.5 Å². The number of thioether (sulfide) groups is 1. The molecule has 0 atom stereocenters. The Labute approximate surface area is 119 Å². The van der Waals surface area contributed by atoms with E-state index in [2.05, 4.69) is 17.3 Å². The molecular formula is C13H25N3O2S. The second kappa shape index (κ2) is 8.30. The van der Waals surface area contributed by atoms with Crippen LogP contribution in [0.3, 0.4) is 0 Å². The van der Waals surface area contributed by atoms with Crippen LogP contribution < -0.4 is 11.2 Å². The Morgan fingerprint density at radius 1 is 1.42 bits per heavy atom. The highest BCUT2D eigenvalue weighted by Gasteiger charge is 2.26. The zero-order chi connectivity index (χ0) is 14.3. The number of hydrazone groups is 1. The highest BCUT2D eigenvalue weighted by Crippen LogP contribution is 2.29. The molecule has 6 heteroatoms. The molecule has 0 unspecified atom stereocenters. The summed E-state index contributed by atoms with van der Waals surface area (Å²) in [5.74, 6) is 6.89. The summed E-state index contributed by atoms with van der Waals surface area (Å²) in [4.78, 5) is 11.5. The molecule has 3 N–H and O–H groups in total. The predicted octanol–water partition coefficient (Wildman–Crippen LogP) is 2.71. The van der Waals surface area contributed by atoms with Crippen molar-refractivity contribution in [2.24, 2.45) is 16.9 Å². The van der Waals surface area contributed by atoms with Gasteiger partial charge in [-0.3, -0.25) is 0 Å². The van der Waals surface area contributed by atoms with E-state index in [1.54, 1.807) is 11.8 Å². The third-order valence-corrected chi connectivity index (χ3v) is 4.18. The minimum absolute atomic E-state index is 0.0757. The van der Waals surface area contributed by atoms with Crippen molar-refractivity contribution in [3.05, 3.63) is 0 Å². The van der Waals surface area contributed by atoms with Crippen LogP contribution in [0, 0.1) is 5.92 Å². The maximum Gasteiger partial charge on any atom is 0.407 e. The summed E-state index contributed by atoms with van der Waals surface area (Å²) in [5.41, 5.74) is 0. The molecule has 0 aromatic rings. The maximum absolute atomic E-state index is 11.5. The van der Waals surface area contributed by atoms with Gasteiger partial charge >= 0.3 is 6.09 Å². The van der Waals surface area contributed by atoms with E-state index < -0.39 is 0 Å². The van der Waals surface area contributed by atoms with Crippen LogP contribution in [0.5, 0.6) is 0 Å². The first-order chi connectivity index (χ1) is 9.06. The second-order valence-corrected chi connectivity index (χ2v) is 6.33. The number of amides is 1. The van der Waals surface area contributed by atoms with Crippen molar-refractivity contribution in [3.8, 4) is 0 Å². The van der Waals surface area contributed by atoms with E-state index in [9.17, 15) is 4.79 Å². The van der Waals surface area contributed by atoms with Crippen LogP contribution in [0.4, 0.5) is 4.79 Å². The summed E-state index contributed by atoms with van der Waals surface area (Å²) < 4.78 is 5.09. The number of carbonyl (C=O) groups excluding carboxylic acids is 1. The van der Waals surface area contributed by atoms with Crippen molar-refractivity contribution in [2.75, 3.05) is 5.75 Å². The monoisotopic (exact) mass is 287 g/mol. The van der Waals surface area contributed by atoms with Crippen LogP contribution in [0.2, 0.25) is 0 Å². The zero-order valence-corrected chi connectivity index (χ0v) is 12.8. The van der Waals surface area contributed by atoms with E-state index in [-0.39, 0.29) is 18.2 Å². The second-order valence-electron chi connectivity index (χ2n) is 5.05. The van der Waals surface area contributed by atoms with Gasteiger partial charge in [0.1, 0.15) is 0 Å². The van der Waals surface area contributed by atoms with E-state index >= 15 is 0 Å². The van der Waals surface area contributed by atoms with E-state index in [0.29, 0.717) is 5.92 Å². The Hall–Kier alpha value is -0.910. The van der Waals surface area contributed by atoms with Gasteiger partial charge in [0.15, 0.2) is 0 Å². The number of nitrogens with two attached hydrogens (primary N) is 1. The Morgan fingerprint density at radius 3 is 2.53 bits per heavy atom. The summed E-state index contributed by atoms with van der Waals surface area (Å²) >= 11 is 1.72. The molecule has 19 heavy (non-hydrogen) atoms. The molecule has 0 saturated heterocycles. The van der Waals surface area contributed by atoms with Crippen molar-refractivity contribution in [3.63, 3.8) is 0 Å². The van der Waals surface area contributed by atoms with Gasteiger partial charge < -0.3 is 15.9 Å². The quantitative estimate of drug-likeness (QED) is 0.361. The highest BCUT2D eigenvalue weighted by molar-refractivity contribution is 8.13. The molecule has 1 aliphatic carbocycles. The number of carbonyl (C=O) groups is 1. The molecule has 0 aromatic heterocycles. The molecule has 5 nitrogen and oxygen atoms in total. The largest absolute Gasteiger partial charge is 0.447 e. The molecule has 0 aromatic carbocycles. The number of hydrogen-bond acceptors (Lipinski definition) is 5. The van der Waals surface area contributed by atoms with Gasteiger partial charge in [0.05, 0.1) is 11.1 Å². The average Bonchev–Trinajstić information content (AvgIpc) is 2.36. The molecule has 0 aliphatic heterocycles. The number of rotatable bonds is 4. The first kappa shape index (κ1) is 16.1. The number of nitrogens with zero attached hydrogens (tertiary/aromatic N) is 1. The summed E-state index contributed by atoms with van der Waals surface area (Å²) in [6.07, 6.45) is 3.58. The Kier molecular flexibility index (Phi) is 7.05. The van der Waals surface area contributed by atoms with Gasteiger partial charge in [0, 0.05) is 12.0 Å². The summed E-state index contributed by atoms with van der Waals surface area (Å²) in [6.45, 7) is 5.80. The van der Waals surface area contributed by atoms with Gasteiger partial charge in [-0.25, -0.2) is 4.79 Å². The molecule has 1 saturated carbocycles. The van der Waals surface area contributed by atoms with Gasteiger partial charge in [-0.2, -0.15) is 5.10 Å². The molecule has 1 amide bonds. The van der Waals surface area contributed by atoms with Crippen LogP contribution in [0.15, 0.2) is 5.10 Å². The van der Waals surface area contributed by atoms with Gasteiger partial charge in [0.2, 0.25) is 0 Å². The molecule has 0 radical (unpaired) electrons. The van der Waals surface area contributed by atoms with Crippen molar-refractivity contribution in [1.82, 2.24) is 5.32 Å². The van der Waals surface area contributed by atoms with Gasteiger partial charge in [-0.1, -0.05) is 6.92 Å². The topological polar surface area (TPSA) is 76.7 Å². The average molecular weight is 287 g/mol. The fourth-order valence-electron chi connectivity index (χ4n) is 2.31. The molecule has 1 fully saturated rings. The maximum atomic E-state index is 11.5. The fraction of sp³-hybridized carbons (Fsp3) is 0.846. The first-order valence-corrected chi connectivity index (χ1v) is 7.93. The molecule has 1 rings (SSSR count). The van der Waals surface area contributed by atoms with Crippen molar-refractivity contribution >= 4 is 22.9 Å². The minimum Gasteiger partial charge on any atom is -0.447 e. The van der Waals surface area contributed by atoms with Gasteiger partial charge in [-0.05, 0) is 45.3 Å².